The third kappa shape index (κ3) is 3.76. The quantitative estimate of drug-likeness (QED) is 0.335. The maximum atomic E-state index is 6.40. The molecule has 3 N–H and O–H groups in total. The summed E-state index contributed by atoms with van der Waals surface area (Å²) in [7, 11) is 0. The molecule has 130 valence electrons. The monoisotopic (exact) mass is 413 g/mol. The van der Waals surface area contributed by atoms with E-state index in [1.165, 1.54) is 0 Å². The molecular weight excluding hydrogens is 401 g/mol. The van der Waals surface area contributed by atoms with Gasteiger partial charge in [-0.3, -0.25) is 0 Å². The Labute approximate surface area is 165 Å². The van der Waals surface area contributed by atoms with Crippen LogP contribution in [0.4, 0.5) is 0 Å². The van der Waals surface area contributed by atoms with Crippen molar-refractivity contribution >= 4 is 58.5 Å². The maximum Gasteiger partial charge on any atom is 0.194 e. The predicted molar refractivity (Wildman–Crippen MR) is 107 cm³/mol. The second kappa shape index (κ2) is 7.48. The first kappa shape index (κ1) is 18.4. The van der Waals surface area contributed by atoms with Crippen LogP contribution >= 0.6 is 47.0 Å². The first-order valence-electron chi connectivity index (χ1n) is 7.38. The first-order chi connectivity index (χ1) is 12.0. The highest BCUT2D eigenvalue weighted by Crippen LogP contribution is 2.59. The molecule has 0 aromatic heterocycles. The fraction of sp³-hybridized carbons (Fsp3) is 0.176. The second-order valence-electron chi connectivity index (χ2n) is 5.47. The van der Waals surface area contributed by atoms with Crippen molar-refractivity contribution in [2.75, 3.05) is 6.54 Å². The fourth-order valence-corrected chi connectivity index (χ4v) is 3.70. The van der Waals surface area contributed by atoms with Gasteiger partial charge in [-0.05, 0) is 30.4 Å². The molecule has 0 spiro atoms. The Hall–Kier alpha value is -1.37. The highest BCUT2D eigenvalue weighted by Gasteiger charge is 2.59. The smallest absolute Gasteiger partial charge is 0.194 e. The average molecular weight is 415 g/mol. The van der Waals surface area contributed by atoms with Crippen molar-refractivity contribution in [2.24, 2.45) is 10.7 Å². The zero-order valence-electron chi connectivity index (χ0n) is 12.9. The SMILES string of the molecule is N/C=N\C(=S)NC[C@]1(c2ccccc2Cl)OC1c1ccc(Cl)cc1Cl. The Balaban J connectivity index is 1.95. The van der Waals surface area contributed by atoms with E-state index in [2.05, 4.69) is 10.3 Å². The number of nitrogens with one attached hydrogen (secondary N) is 1. The van der Waals surface area contributed by atoms with Crippen LogP contribution in [0.3, 0.4) is 0 Å². The zero-order valence-corrected chi connectivity index (χ0v) is 16.0. The second-order valence-corrected chi connectivity index (χ2v) is 7.11. The van der Waals surface area contributed by atoms with Gasteiger partial charge in [0.15, 0.2) is 5.11 Å². The van der Waals surface area contributed by atoms with E-state index < -0.39 is 5.60 Å². The van der Waals surface area contributed by atoms with Gasteiger partial charge < -0.3 is 15.8 Å². The Bertz CT molecular complexity index is 846. The van der Waals surface area contributed by atoms with E-state index >= 15 is 0 Å². The Morgan fingerprint density at radius 2 is 2.00 bits per heavy atom. The fourth-order valence-electron chi connectivity index (χ4n) is 2.76. The molecule has 1 aliphatic heterocycles. The minimum absolute atomic E-state index is 0.269. The van der Waals surface area contributed by atoms with E-state index in [1.54, 1.807) is 12.1 Å². The number of nitrogens with two attached hydrogens (primary N) is 1. The number of ether oxygens (including phenoxy) is 1. The number of rotatable bonds is 4. The summed E-state index contributed by atoms with van der Waals surface area (Å²) in [5.74, 6) is 0. The van der Waals surface area contributed by atoms with Gasteiger partial charge in [0.1, 0.15) is 11.7 Å². The summed E-state index contributed by atoms with van der Waals surface area (Å²) in [5, 5.41) is 5.01. The molecule has 8 heteroatoms. The molecule has 3 rings (SSSR count). The Kier molecular flexibility index (Phi) is 5.51. The van der Waals surface area contributed by atoms with Crippen molar-refractivity contribution in [1.82, 2.24) is 5.32 Å². The van der Waals surface area contributed by atoms with Crippen LogP contribution in [0.2, 0.25) is 15.1 Å². The molecule has 25 heavy (non-hydrogen) atoms. The number of nitrogens with zero attached hydrogens (tertiary/aromatic N) is 1. The molecule has 4 nitrogen and oxygen atoms in total. The molecule has 1 fully saturated rings. The van der Waals surface area contributed by atoms with Gasteiger partial charge in [-0.25, -0.2) is 4.99 Å². The summed E-state index contributed by atoms with van der Waals surface area (Å²) in [5.41, 5.74) is 6.25. The molecule has 1 aliphatic rings. The maximum absolute atomic E-state index is 6.40. The molecule has 1 saturated heterocycles. The normalized spacial score (nSPS) is 22.1. The minimum atomic E-state index is -0.704. The van der Waals surface area contributed by atoms with Crippen LogP contribution in [0.25, 0.3) is 0 Å². The van der Waals surface area contributed by atoms with Crippen LogP contribution in [0, 0.1) is 0 Å². The largest absolute Gasteiger partial charge is 0.390 e. The lowest BCUT2D eigenvalue weighted by atomic mass is 9.91. The van der Waals surface area contributed by atoms with Gasteiger partial charge in [-0.2, -0.15) is 0 Å². The summed E-state index contributed by atoms with van der Waals surface area (Å²) in [6.07, 6.45) is 0.855. The number of epoxide rings is 1. The minimum Gasteiger partial charge on any atom is -0.390 e. The van der Waals surface area contributed by atoms with Crippen molar-refractivity contribution in [3.05, 3.63) is 68.7 Å². The summed E-state index contributed by atoms with van der Waals surface area (Å²) >= 11 is 23.8. The molecule has 1 unspecified atom stereocenters. The Morgan fingerprint density at radius 1 is 1.24 bits per heavy atom. The van der Waals surface area contributed by atoms with Crippen LogP contribution in [0.5, 0.6) is 0 Å². The topological polar surface area (TPSA) is 62.9 Å². The lowest BCUT2D eigenvalue weighted by molar-refractivity contribution is 0.296. The molecule has 0 radical (unpaired) electrons. The van der Waals surface area contributed by atoms with Gasteiger partial charge in [-0.1, -0.05) is 59.1 Å². The molecule has 2 aromatic carbocycles. The average Bonchev–Trinajstić information content (AvgIpc) is 3.29. The van der Waals surface area contributed by atoms with Crippen molar-refractivity contribution in [3.8, 4) is 0 Å². The third-order valence-corrected chi connectivity index (χ3v) is 5.10. The Morgan fingerprint density at radius 3 is 2.68 bits per heavy atom. The lowest BCUT2D eigenvalue weighted by Crippen LogP contribution is -2.32. The van der Waals surface area contributed by atoms with Crippen LogP contribution in [0.15, 0.2) is 47.5 Å². The summed E-state index contributed by atoms with van der Waals surface area (Å²) in [6, 6.07) is 12.8. The standard InChI is InChI=1S/C17H14Cl3N3OS/c18-10-5-6-11(14(20)7-10)15-17(24-15,8-22-16(25)23-9-21)12-3-1-2-4-13(12)19/h1-7,9,15H,8H2,(H3,21,22,23,25)/t15?,17-/m1/s1. The third-order valence-electron chi connectivity index (χ3n) is 3.96. The van der Waals surface area contributed by atoms with Crippen molar-refractivity contribution in [2.45, 2.75) is 11.7 Å². The first-order valence-corrected chi connectivity index (χ1v) is 8.92. The van der Waals surface area contributed by atoms with Crippen LogP contribution in [-0.4, -0.2) is 18.0 Å². The van der Waals surface area contributed by atoms with E-state index in [1.807, 2.05) is 30.3 Å². The van der Waals surface area contributed by atoms with E-state index in [4.69, 9.17) is 57.5 Å². The highest BCUT2D eigenvalue weighted by atomic mass is 35.5. The molecule has 2 atom stereocenters. The van der Waals surface area contributed by atoms with Crippen LogP contribution in [0.1, 0.15) is 17.2 Å². The predicted octanol–water partition coefficient (Wildman–Crippen LogP) is 4.48. The molecule has 0 amide bonds. The number of aliphatic imine (C=N–C) groups is 1. The van der Waals surface area contributed by atoms with Crippen LogP contribution in [-0.2, 0) is 10.3 Å². The molecule has 0 saturated carbocycles. The molecule has 0 bridgehead atoms. The van der Waals surface area contributed by atoms with Crippen molar-refractivity contribution in [1.29, 1.82) is 0 Å². The van der Waals surface area contributed by atoms with E-state index in [-0.39, 0.29) is 11.2 Å². The van der Waals surface area contributed by atoms with Gasteiger partial charge in [0, 0.05) is 26.2 Å². The van der Waals surface area contributed by atoms with Crippen molar-refractivity contribution in [3.63, 3.8) is 0 Å². The molecule has 2 aromatic rings. The number of hydrogen-bond acceptors (Lipinski definition) is 2. The van der Waals surface area contributed by atoms with Crippen molar-refractivity contribution < 1.29 is 4.74 Å². The van der Waals surface area contributed by atoms with Gasteiger partial charge in [-0.15, -0.1) is 0 Å². The molecule has 1 heterocycles. The van der Waals surface area contributed by atoms with Gasteiger partial charge in [0.25, 0.3) is 0 Å². The summed E-state index contributed by atoms with van der Waals surface area (Å²) in [6.45, 7) is 0.372. The number of hydrogen-bond donors (Lipinski definition) is 2. The summed E-state index contributed by atoms with van der Waals surface area (Å²) in [4.78, 5) is 3.84. The number of benzene rings is 2. The van der Waals surface area contributed by atoms with Gasteiger partial charge in [0.05, 0.1) is 12.9 Å². The summed E-state index contributed by atoms with van der Waals surface area (Å²) < 4.78 is 6.09. The number of halogens is 3. The van der Waals surface area contributed by atoms with Gasteiger partial charge >= 0.3 is 0 Å². The van der Waals surface area contributed by atoms with Gasteiger partial charge in [0.2, 0.25) is 0 Å². The van der Waals surface area contributed by atoms with E-state index in [0.29, 0.717) is 21.6 Å². The number of thiocarbonyl (C=S) groups is 1. The lowest BCUT2D eigenvalue weighted by Gasteiger charge is -2.16. The highest BCUT2D eigenvalue weighted by molar-refractivity contribution is 7.80. The van der Waals surface area contributed by atoms with E-state index in [9.17, 15) is 0 Å². The molecule has 0 aliphatic carbocycles. The van der Waals surface area contributed by atoms with E-state index in [0.717, 1.165) is 17.5 Å². The van der Waals surface area contributed by atoms with Crippen LogP contribution < -0.4 is 11.1 Å². The molecular formula is C17H14Cl3N3OS. The zero-order chi connectivity index (χ0) is 18.0.